The highest BCUT2D eigenvalue weighted by Gasteiger charge is 2.18. The van der Waals surface area contributed by atoms with Crippen LogP contribution in [-0.4, -0.2) is 54.5 Å². The van der Waals surface area contributed by atoms with E-state index in [9.17, 15) is 10.1 Å². The Labute approximate surface area is 125 Å². The standard InChI is InChI=1S/C15H24N4O2/c1-3-6-17-7-9-18(10-8-17)12-13-4-5-14(16-2)15(11-13)19(20)21/h4-5,11,16H,3,6-10,12H2,1-2H3. The molecule has 1 saturated heterocycles. The lowest BCUT2D eigenvalue weighted by atomic mass is 10.1. The molecule has 1 aromatic rings. The van der Waals surface area contributed by atoms with Gasteiger partial charge in [0.05, 0.1) is 4.92 Å². The third-order valence-electron chi connectivity index (χ3n) is 3.94. The van der Waals surface area contributed by atoms with Gasteiger partial charge >= 0.3 is 0 Å². The summed E-state index contributed by atoms with van der Waals surface area (Å²) in [5.41, 5.74) is 1.72. The fourth-order valence-corrected chi connectivity index (χ4v) is 2.78. The molecule has 6 heteroatoms. The van der Waals surface area contributed by atoms with E-state index in [4.69, 9.17) is 0 Å². The molecule has 1 aliphatic heterocycles. The smallest absolute Gasteiger partial charge is 0.292 e. The predicted octanol–water partition coefficient (Wildman–Crippen LogP) is 2.16. The number of benzene rings is 1. The number of piperazine rings is 1. The summed E-state index contributed by atoms with van der Waals surface area (Å²) in [6, 6.07) is 5.45. The highest BCUT2D eigenvalue weighted by atomic mass is 16.6. The second-order valence-corrected chi connectivity index (χ2v) is 5.48. The Morgan fingerprint density at radius 3 is 2.48 bits per heavy atom. The lowest BCUT2D eigenvalue weighted by Gasteiger charge is -2.34. The molecule has 1 N–H and O–H groups in total. The van der Waals surface area contributed by atoms with Crippen molar-refractivity contribution in [3.63, 3.8) is 0 Å². The molecular weight excluding hydrogens is 268 g/mol. The van der Waals surface area contributed by atoms with Gasteiger partial charge in [-0.05, 0) is 24.6 Å². The molecule has 1 aromatic carbocycles. The maximum atomic E-state index is 11.1. The molecule has 0 spiro atoms. The number of anilines is 1. The van der Waals surface area contributed by atoms with E-state index in [1.54, 1.807) is 19.2 Å². The second-order valence-electron chi connectivity index (χ2n) is 5.48. The highest BCUT2D eigenvalue weighted by Crippen LogP contribution is 2.25. The molecule has 1 heterocycles. The maximum Gasteiger partial charge on any atom is 0.292 e. The van der Waals surface area contributed by atoms with E-state index in [0.29, 0.717) is 5.69 Å². The number of hydrogen-bond acceptors (Lipinski definition) is 5. The monoisotopic (exact) mass is 292 g/mol. The van der Waals surface area contributed by atoms with Gasteiger partial charge in [-0.3, -0.25) is 15.0 Å². The van der Waals surface area contributed by atoms with Crippen LogP contribution in [0.2, 0.25) is 0 Å². The molecule has 1 fully saturated rings. The van der Waals surface area contributed by atoms with E-state index < -0.39 is 0 Å². The Balaban J connectivity index is 1.97. The van der Waals surface area contributed by atoms with Gasteiger partial charge in [0.15, 0.2) is 0 Å². The van der Waals surface area contributed by atoms with Gasteiger partial charge in [0.25, 0.3) is 5.69 Å². The topological polar surface area (TPSA) is 61.6 Å². The van der Waals surface area contributed by atoms with E-state index in [1.807, 2.05) is 6.07 Å². The number of rotatable bonds is 6. The molecule has 1 aliphatic rings. The van der Waals surface area contributed by atoms with Gasteiger partial charge in [-0.2, -0.15) is 0 Å². The first-order valence-corrected chi connectivity index (χ1v) is 7.53. The fourth-order valence-electron chi connectivity index (χ4n) is 2.78. The van der Waals surface area contributed by atoms with Crippen LogP contribution in [-0.2, 0) is 6.54 Å². The lowest BCUT2D eigenvalue weighted by molar-refractivity contribution is -0.384. The van der Waals surface area contributed by atoms with Crippen LogP contribution in [0, 0.1) is 10.1 Å². The van der Waals surface area contributed by atoms with Crippen molar-refractivity contribution < 1.29 is 4.92 Å². The molecule has 0 bridgehead atoms. The summed E-state index contributed by atoms with van der Waals surface area (Å²) in [6.45, 7) is 8.38. The SMILES string of the molecule is CCCN1CCN(Cc2ccc(NC)c([N+](=O)[O-])c2)CC1. The quantitative estimate of drug-likeness (QED) is 0.643. The summed E-state index contributed by atoms with van der Waals surface area (Å²) in [5.74, 6) is 0. The largest absolute Gasteiger partial charge is 0.383 e. The maximum absolute atomic E-state index is 11.1. The molecule has 6 nitrogen and oxygen atoms in total. The van der Waals surface area contributed by atoms with Crippen LogP contribution < -0.4 is 5.32 Å². The minimum absolute atomic E-state index is 0.152. The number of nitrogens with zero attached hydrogens (tertiary/aromatic N) is 3. The van der Waals surface area contributed by atoms with E-state index in [2.05, 4.69) is 22.0 Å². The van der Waals surface area contributed by atoms with Crippen molar-refractivity contribution in [3.8, 4) is 0 Å². The molecule has 0 amide bonds. The van der Waals surface area contributed by atoms with Gasteiger partial charge in [-0.1, -0.05) is 13.0 Å². The van der Waals surface area contributed by atoms with Crippen molar-refractivity contribution in [3.05, 3.63) is 33.9 Å². The summed E-state index contributed by atoms with van der Waals surface area (Å²) in [7, 11) is 1.70. The highest BCUT2D eigenvalue weighted by molar-refractivity contribution is 5.62. The molecule has 116 valence electrons. The zero-order valence-electron chi connectivity index (χ0n) is 12.8. The zero-order chi connectivity index (χ0) is 15.2. The van der Waals surface area contributed by atoms with Crippen LogP contribution in [0.5, 0.6) is 0 Å². The number of nitro benzene ring substituents is 1. The van der Waals surface area contributed by atoms with E-state index in [-0.39, 0.29) is 10.6 Å². The van der Waals surface area contributed by atoms with Gasteiger partial charge in [0.1, 0.15) is 5.69 Å². The van der Waals surface area contributed by atoms with Crippen LogP contribution >= 0.6 is 0 Å². The van der Waals surface area contributed by atoms with Gasteiger partial charge < -0.3 is 10.2 Å². The lowest BCUT2D eigenvalue weighted by Crippen LogP contribution is -2.45. The number of nitrogens with one attached hydrogen (secondary N) is 1. The first-order chi connectivity index (χ1) is 10.1. The normalized spacial score (nSPS) is 16.9. The Bertz CT molecular complexity index is 485. The van der Waals surface area contributed by atoms with Crippen LogP contribution in [0.15, 0.2) is 18.2 Å². The van der Waals surface area contributed by atoms with Crippen LogP contribution in [0.3, 0.4) is 0 Å². The summed E-state index contributed by atoms with van der Waals surface area (Å²) in [5, 5.41) is 14.0. The first-order valence-electron chi connectivity index (χ1n) is 7.53. The molecule has 0 radical (unpaired) electrons. The van der Waals surface area contributed by atoms with Gasteiger partial charge in [-0.25, -0.2) is 0 Å². The van der Waals surface area contributed by atoms with Crippen LogP contribution in [0.25, 0.3) is 0 Å². The summed E-state index contributed by atoms with van der Waals surface area (Å²) < 4.78 is 0. The van der Waals surface area contributed by atoms with E-state index in [1.165, 1.54) is 6.42 Å². The molecule has 2 rings (SSSR count). The summed E-state index contributed by atoms with van der Waals surface area (Å²) >= 11 is 0. The van der Waals surface area contributed by atoms with Crippen LogP contribution in [0.1, 0.15) is 18.9 Å². The van der Waals surface area contributed by atoms with Gasteiger partial charge in [0.2, 0.25) is 0 Å². The molecular formula is C15H24N4O2. The zero-order valence-corrected chi connectivity index (χ0v) is 12.8. The van der Waals surface area contributed by atoms with E-state index >= 15 is 0 Å². The van der Waals surface area contributed by atoms with Gasteiger partial charge in [-0.15, -0.1) is 0 Å². The molecule has 0 saturated carbocycles. The third kappa shape index (κ3) is 4.15. The Morgan fingerprint density at radius 2 is 1.90 bits per heavy atom. The van der Waals surface area contributed by atoms with E-state index in [0.717, 1.165) is 44.8 Å². The summed E-state index contributed by atoms with van der Waals surface area (Å²) in [4.78, 5) is 15.6. The second kappa shape index (κ2) is 7.38. The summed E-state index contributed by atoms with van der Waals surface area (Å²) in [6.07, 6.45) is 1.19. The predicted molar refractivity (Wildman–Crippen MR) is 84.7 cm³/mol. The first kappa shape index (κ1) is 15.7. The minimum atomic E-state index is -0.325. The van der Waals surface area contributed by atoms with Crippen molar-refractivity contribution in [1.82, 2.24) is 9.80 Å². The van der Waals surface area contributed by atoms with Crippen LogP contribution in [0.4, 0.5) is 11.4 Å². The molecule has 0 unspecified atom stereocenters. The average Bonchev–Trinajstić information content (AvgIpc) is 2.49. The number of hydrogen-bond donors (Lipinski definition) is 1. The fraction of sp³-hybridized carbons (Fsp3) is 0.600. The Kier molecular flexibility index (Phi) is 5.52. The van der Waals surface area contributed by atoms with Gasteiger partial charge in [0, 0.05) is 45.8 Å². The van der Waals surface area contributed by atoms with Crippen molar-refractivity contribution in [2.24, 2.45) is 0 Å². The van der Waals surface area contributed by atoms with Crippen molar-refractivity contribution in [2.45, 2.75) is 19.9 Å². The molecule has 0 atom stereocenters. The molecule has 0 aliphatic carbocycles. The molecule has 21 heavy (non-hydrogen) atoms. The Hall–Kier alpha value is -1.66. The van der Waals surface area contributed by atoms with Crippen molar-refractivity contribution in [1.29, 1.82) is 0 Å². The number of nitro groups is 1. The molecule has 0 aromatic heterocycles. The van der Waals surface area contributed by atoms with Crippen molar-refractivity contribution >= 4 is 11.4 Å². The Morgan fingerprint density at radius 1 is 1.24 bits per heavy atom. The third-order valence-corrected chi connectivity index (χ3v) is 3.94. The van der Waals surface area contributed by atoms with Crippen molar-refractivity contribution in [2.75, 3.05) is 45.1 Å². The average molecular weight is 292 g/mol. The minimum Gasteiger partial charge on any atom is -0.383 e.